The molecule has 146 valence electrons. The van der Waals surface area contributed by atoms with Crippen molar-refractivity contribution < 1.29 is 4.79 Å². The van der Waals surface area contributed by atoms with Crippen LogP contribution in [-0.4, -0.2) is 27.8 Å². The van der Waals surface area contributed by atoms with Crippen molar-refractivity contribution >= 4 is 39.9 Å². The van der Waals surface area contributed by atoms with Gasteiger partial charge in [-0.05, 0) is 47.8 Å². The Balaban J connectivity index is 1.37. The Morgan fingerprint density at radius 2 is 1.90 bits per heavy atom. The van der Waals surface area contributed by atoms with Gasteiger partial charge in [0.2, 0.25) is 0 Å². The van der Waals surface area contributed by atoms with Crippen molar-refractivity contribution in [2.24, 2.45) is 0 Å². The van der Waals surface area contributed by atoms with Gasteiger partial charge in [-0.3, -0.25) is 14.2 Å². The van der Waals surface area contributed by atoms with E-state index in [1.165, 1.54) is 15.8 Å². The first-order valence-electron chi connectivity index (χ1n) is 9.17. The number of amides is 1. The third kappa shape index (κ3) is 4.58. The van der Waals surface area contributed by atoms with Crippen molar-refractivity contribution in [1.82, 2.24) is 14.9 Å². The molecule has 5 nitrogen and oxygen atoms in total. The van der Waals surface area contributed by atoms with Gasteiger partial charge in [0.25, 0.3) is 11.5 Å². The second-order valence-corrected chi connectivity index (χ2v) is 8.51. The minimum atomic E-state index is -0.129. The van der Waals surface area contributed by atoms with E-state index < -0.39 is 0 Å². The maximum absolute atomic E-state index is 12.7. The molecule has 0 radical (unpaired) electrons. The number of thiophene rings is 1. The van der Waals surface area contributed by atoms with E-state index in [1.807, 2.05) is 24.3 Å². The molecule has 0 saturated carbocycles. The van der Waals surface area contributed by atoms with Gasteiger partial charge in [0, 0.05) is 28.5 Å². The van der Waals surface area contributed by atoms with E-state index in [0.717, 1.165) is 11.5 Å². The summed E-state index contributed by atoms with van der Waals surface area (Å²) >= 11 is 3.55. The van der Waals surface area contributed by atoms with Crippen LogP contribution >= 0.6 is 23.1 Å². The summed E-state index contributed by atoms with van der Waals surface area (Å²) in [5.74, 6) is 1.72. The number of rotatable bonds is 7. The van der Waals surface area contributed by atoms with Crippen LogP contribution in [0, 0.1) is 0 Å². The first-order valence-corrected chi connectivity index (χ1v) is 11.2. The fourth-order valence-electron chi connectivity index (χ4n) is 2.93. The van der Waals surface area contributed by atoms with Gasteiger partial charge < -0.3 is 5.32 Å². The predicted molar refractivity (Wildman–Crippen MR) is 120 cm³/mol. The summed E-state index contributed by atoms with van der Waals surface area (Å²) in [6, 6.07) is 18.4. The summed E-state index contributed by atoms with van der Waals surface area (Å²) < 4.78 is 1.49. The van der Waals surface area contributed by atoms with E-state index in [-0.39, 0.29) is 11.5 Å². The molecule has 0 aliphatic rings. The van der Waals surface area contributed by atoms with Crippen LogP contribution < -0.4 is 10.9 Å². The number of benzene rings is 2. The van der Waals surface area contributed by atoms with Crippen molar-refractivity contribution in [1.29, 1.82) is 0 Å². The van der Waals surface area contributed by atoms with E-state index in [2.05, 4.69) is 21.7 Å². The number of hydrogen-bond acceptors (Lipinski definition) is 5. The molecule has 4 aromatic rings. The molecule has 2 heterocycles. The summed E-state index contributed by atoms with van der Waals surface area (Å²) in [4.78, 5) is 30.7. The Labute approximate surface area is 176 Å². The molecule has 0 saturated heterocycles. The van der Waals surface area contributed by atoms with Crippen LogP contribution in [0.15, 0.2) is 77.2 Å². The number of carbonyl (C=O) groups is 1. The Bertz CT molecular complexity index is 1170. The highest BCUT2D eigenvalue weighted by Crippen LogP contribution is 2.16. The quantitative estimate of drug-likeness (QED) is 0.456. The molecule has 0 aliphatic heterocycles. The van der Waals surface area contributed by atoms with Gasteiger partial charge in [-0.1, -0.05) is 18.2 Å². The standard InChI is InChI=1S/C22H19N3O2S2/c26-21(23-11-13-28-14-18-4-3-12-29-18)16-7-9-17(10-8-16)25-15-24-20-6-2-1-5-19(20)22(25)27/h1-10,12,15H,11,13-14H2,(H,23,26). The van der Waals surface area contributed by atoms with Gasteiger partial charge in [0.15, 0.2) is 0 Å². The average molecular weight is 422 g/mol. The van der Waals surface area contributed by atoms with E-state index in [0.29, 0.717) is 28.7 Å². The molecule has 2 aromatic carbocycles. The topological polar surface area (TPSA) is 64.0 Å². The van der Waals surface area contributed by atoms with E-state index in [9.17, 15) is 9.59 Å². The van der Waals surface area contributed by atoms with Crippen LogP contribution in [0.2, 0.25) is 0 Å². The summed E-state index contributed by atoms with van der Waals surface area (Å²) in [5.41, 5.74) is 1.78. The van der Waals surface area contributed by atoms with Crippen molar-refractivity contribution in [2.45, 2.75) is 5.75 Å². The Morgan fingerprint density at radius 3 is 2.69 bits per heavy atom. The fraction of sp³-hybridized carbons (Fsp3) is 0.136. The smallest absolute Gasteiger partial charge is 0.265 e. The lowest BCUT2D eigenvalue weighted by Gasteiger charge is -2.08. The molecule has 0 unspecified atom stereocenters. The minimum Gasteiger partial charge on any atom is -0.351 e. The van der Waals surface area contributed by atoms with Crippen molar-refractivity contribution in [3.63, 3.8) is 0 Å². The number of aromatic nitrogens is 2. The van der Waals surface area contributed by atoms with E-state index >= 15 is 0 Å². The highest BCUT2D eigenvalue weighted by atomic mass is 32.2. The van der Waals surface area contributed by atoms with Crippen LogP contribution in [0.1, 0.15) is 15.2 Å². The van der Waals surface area contributed by atoms with Crippen LogP contribution in [0.25, 0.3) is 16.6 Å². The molecular weight excluding hydrogens is 402 g/mol. The molecule has 4 rings (SSSR count). The SMILES string of the molecule is O=C(NCCSCc1cccs1)c1ccc(-n2cnc3ccccc3c2=O)cc1. The molecule has 0 aliphatic carbocycles. The van der Waals surface area contributed by atoms with Gasteiger partial charge in [-0.15, -0.1) is 11.3 Å². The van der Waals surface area contributed by atoms with Gasteiger partial charge >= 0.3 is 0 Å². The summed E-state index contributed by atoms with van der Waals surface area (Å²) in [6.45, 7) is 0.616. The number of nitrogens with one attached hydrogen (secondary N) is 1. The molecule has 0 spiro atoms. The maximum atomic E-state index is 12.7. The molecule has 29 heavy (non-hydrogen) atoms. The zero-order valence-electron chi connectivity index (χ0n) is 15.6. The summed E-state index contributed by atoms with van der Waals surface area (Å²) in [5, 5.41) is 5.58. The Morgan fingerprint density at radius 1 is 1.07 bits per heavy atom. The zero-order chi connectivity index (χ0) is 20.1. The predicted octanol–water partition coefficient (Wildman–Crippen LogP) is 4.11. The van der Waals surface area contributed by atoms with Crippen molar-refractivity contribution in [3.05, 3.63) is 93.2 Å². The fourth-order valence-corrected chi connectivity index (χ4v) is 4.63. The van der Waals surface area contributed by atoms with Crippen LogP contribution in [0.3, 0.4) is 0 Å². The molecule has 1 amide bonds. The van der Waals surface area contributed by atoms with Crippen molar-refractivity contribution in [2.75, 3.05) is 12.3 Å². The first-order chi connectivity index (χ1) is 14.2. The second-order valence-electron chi connectivity index (χ2n) is 6.37. The van der Waals surface area contributed by atoms with E-state index in [4.69, 9.17) is 0 Å². The first kappa shape index (κ1) is 19.4. The monoisotopic (exact) mass is 421 g/mol. The van der Waals surface area contributed by atoms with Crippen LogP contribution in [0.4, 0.5) is 0 Å². The Kier molecular flexibility index (Phi) is 6.07. The summed E-state index contributed by atoms with van der Waals surface area (Å²) in [7, 11) is 0. The molecule has 7 heteroatoms. The normalized spacial score (nSPS) is 10.9. The molecule has 0 fully saturated rings. The third-order valence-corrected chi connectivity index (χ3v) is 6.50. The molecule has 0 bridgehead atoms. The van der Waals surface area contributed by atoms with Crippen LogP contribution in [0.5, 0.6) is 0 Å². The lowest BCUT2D eigenvalue weighted by Crippen LogP contribution is -2.25. The average Bonchev–Trinajstić information content (AvgIpc) is 3.28. The van der Waals surface area contributed by atoms with Crippen molar-refractivity contribution in [3.8, 4) is 5.69 Å². The lowest BCUT2D eigenvalue weighted by atomic mass is 10.2. The van der Waals surface area contributed by atoms with Gasteiger partial charge in [0.1, 0.15) is 6.33 Å². The van der Waals surface area contributed by atoms with Gasteiger partial charge in [0.05, 0.1) is 16.6 Å². The highest BCUT2D eigenvalue weighted by Gasteiger charge is 2.08. The highest BCUT2D eigenvalue weighted by molar-refractivity contribution is 7.98. The third-order valence-electron chi connectivity index (χ3n) is 4.43. The molecule has 0 atom stereocenters. The Hall–Kier alpha value is -2.90. The number of thioether (sulfide) groups is 1. The zero-order valence-corrected chi connectivity index (χ0v) is 17.2. The maximum Gasteiger partial charge on any atom is 0.265 e. The molecule has 1 N–H and O–H groups in total. The number of nitrogens with zero attached hydrogens (tertiary/aromatic N) is 2. The molecule has 2 aromatic heterocycles. The van der Waals surface area contributed by atoms with Crippen LogP contribution in [-0.2, 0) is 5.75 Å². The largest absolute Gasteiger partial charge is 0.351 e. The number of hydrogen-bond donors (Lipinski definition) is 1. The lowest BCUT2D eigenvalue weighted by molar-refractivity contribution is 0.0956. The number of fused-ring (bicyclic) bond motifs is 1. The minimum absolute atomic E-state index is 0.114. The summed E-state index contributed by atoms with van der Waals surface area (Å²) in [6.07, 6.45) is 1.52. The second kappa shape index (κ2) is 9.07. The molecular formula is C22H19N3O2S2. The van der Waals surface area contributed by atoms with Gasteiger partial charge in [-0.25, -0.2) is 4.98 Å². The number of carbonyl (C=O) groups excluding carboxylic acids is 1. The van der Waals surface area contributed by atoms with Gasteiger partial charge in [-0.2, -0.15) is 11.8 Å². The van der Waals surface area contributed by atoms with E-state index in [1.54, 1.807) is 53.4 Å². The number of para-hydroxylation sites is 1.